The highest BCUT2D eigenvalue weighted by molar-refractivity contribution is 5.66. The van der Waals surface area contributed by atoms with Gasteiger partial charge in [0.2, 0.25) is 5.95 Å². The van der Waals surface area contributed by atoms with E-state index >= 15 is 0 Å². The molecule has 0 saturated carbocycles. The van der Waals surface area contributed by atoms with Crippen molar-refractivity contribution in [2.75, 3.05) is 43.4 Å². The molecule has 5 rings (SSSR count). The minimum atomic E-state index is 0.426. The van der Waals surface area contributed by atoms with E-state index in [1.807, 2.05) is 48.5 Å². The maximum Gasteiger partial charge on any atom is 0.227 e. The molecule has 0 amide bonds. The van der Waals surface area contributed by atoms with Crippen molar-refractivity contribution in [3.63, 3.8) is 0 Å². The quantitative estimate of drug-likeness (QED) is 0.398. The predicted octanol–water partition coefficient (Wildman–Crippen LogP) is 5.09. The summed E-state index contributed by atoms with van der Waals surface area (Å²) < 4.78 is 5.97. The molecule has 1 fully saturated rings. The number of ether oxygens (including phenoxy) is 1. The van der Waals surface area contributed by atoms with Gasteiger partial charge in [-0.05, 0) is 61.1 Å². The van der Waals surface area contributed by atoms with Crippen LogP contribution in [0, 0.1) is 11.3 Å². The van der Waals surface area contributed by atoms with E-state index in [4.69, 9.17) is 9.72 Å². The van der Waals surface area contributed by atoms with Crippen molar-refractivity contribution < 1.29 is 4.74 Å². The summed E-state index contributed by atoms with van der Waals surface area (Å²) in [7, 11) is 2.16. The largest absolute Gasteiger partial charge is 0.489 e. The average Bonchev–Trinajstić information content (AvgIpc) is 2.93. The topological polar surface area (TPSA) is 77.3 Å². The highest BCUT2D eigenvalue weighted by Crippen LogP contribution is 2.27. The first kappa shape index (κ1) is 23.3. The van der Waals surface area contributed by atoms with Crippen molar-refractivity contribution in [3.05, 3.63) is 96.2 Å². The number of piperazine rings is 1. The van der Waals surface area contributed by atoms with Gasteiger partial charge in [0.05, 0.1) is 17.3 Å². The monoisotopic (exact) mass is 476 g/mol. The molecule has 1 aliphatic rings. The third-order valence-corrected chi connectivity index (χ3v) is 6.23. The van der Waals surface area contributed by atoms with Crippen LogP contribution in [0.1, 0.15) is 11.1 Å². The van der Waals surface area contributed by atoms with Gasteiger partial charge in [-0.2, -0.15) is 5.26 Å². The van der Waals surface area contributed by atoms with Crippen molar-refractivity contribution in [3.8, 4) is 23.1 Å². The van der Waals surface area contributed by atoms with Crippen LogP contribution in [-0.4, -0.2) is 48.1 Å². The molecule has 0 unspecified atom stereocenters. The maximum atomic E-state index is 9.54. The molecule has 180 valence electrons. The van der Waals surface area contributed by atoms with Gasteiger partial charge in [0, 0.05) is 49.3 Å². The highest BCUT2D eigenvalue weighted by Gasteiger charge is 2.14. The van der Waals surface area contributed by atoms with Crippen LogP contribution in [0.5, 0.6) is 5.75 Å². The van der Waals surface area contributed by atoms with Crippen LogP contribution in [-0.2, 0) is 6.61 Å². The fourth-order valence-corrected chi connectivity index (χ4v) is 4.16. The molecule has 0 aliphatic carbocycles. The second kappa shape index (κ2) is 10.9. The molecular weight excluding hydrogens is 448 g/mol. The van der Waals surface area contributed by atoms with Gasteiger partial charge in [-0.3, -0.25) is 0 Å². The van der Waals surface area contributed by atoms with E-state index in [1.54, 1.807) is 12.3 Å². The Bertz CT molecular complexity index is 1340. The van der Waals surface area contributed by atoms with E-state index in [-0.39, 0.29) is 0 Å². The molecule has 1 N–H and O–H groups in total. The molecule has 7 nitrogen and oxygen atoms in total. The molecule has 0 spiro atoms. The molecule has 3 aromatic carbocycles. The molecule has 36 heavy (non-hydrogen) atoms. The lowest BCUT2D eigenvalue weighted by atomic mass is 10.1. The lowest BCUT2D eigenvalue weighted by Gasteiger charge is -2.34. The fraction of sp³-hybridized carbons (Fsp3) is 0.207. The Hall–Kier alpha value is -4.41. The number of benzene rings is 3. The second-order valence-electron chi connectivity index (χ2n) is 8.86. The maximum absolute atomic E-state index is 9.54. The van der Waals surface area contributed by atoms with Crippen LogP contribution in [0.15, 0.2) is 85.1 Å². The lowest BCUT2D eigenvalue weighted by molar-refractivity contribution is 0.306. The Kier molecular flexibility index (Phi) is 7.06. The number of nitriles is 1. The smallest absolute Gasteiger partial charge is 0.227 e. The normalized spacial score (nSPS) is 13.7. The lowest BCUT2D eigenvalue weighted by Crippen LogP contribution is -2.44. The summed E-state index contributed by atoms with van der Waals surface area (Å²) in [6, 6.07) is 27.8. The summed E-state index contributed by atoms with van der Waals surface area (Å²) in [6.07, 6.45) is 1.72. The molecule has 2 heterocycles. The van der Waals surface area contributed by atoms with Crippen LogP contribution < -0.4 is 15.0 Å². The summed E-state index contributed by atoms with van der Waals surface area (Å²) in [5.74, 6) is 1.12. The van der Waals surface area contributed by atoms with E-state index in [0.29, 0.717) is 29.6 Å². The fourth-order valence-electron chi connectivity index (χ4n) is 4.16. The van der Waals surface area contributed by atoms with E-state index in [0.717, 1.165) is 43.0 Å². The Balaban J connectivity index is 1.30. The van der Waals surface area contributed by atoms with Crippen LogP contribution in [0.2, 0.25) is 0 Å². The number of hydrogen-bond acceptors (Lipinski definition) is 7. The van der Waals surface area contributed by atoms with Crippen molar-refractivity contribution >= 4 is 17.3 Å². The second-order valence-corrected chi connectivity index (χ2v) is 8.86. The summed E-state index contributed by atoms with van der Waals surface area (Å²) in [6.45, 7) is 4.65. The number of nitrogens with zero attached hydrogens (tertiary/aromatic N) is 5. The molecule has 1 aromatic heterocycles. The van der Waals surface area contributed by atoms with Gasteiger partial charge >= 0.3 is 0 Å². The molecule has 0 atom stereocenters. The van der Waals surface area contributed by atoms with Crippen molar-refractivity contribution in [1.29, 1.82) is 5.26 Å². The van der Waals surface area contributed by atoms with Crippen molar-refractivity contribution in [2.24, 2.45) is 0 Å². The number of anilines is 3. The summed E-state index contributed by atoms with van der Waals surface area (Å²) in [5.41, 5.74) is 5.23. The zero-order chi connectivity index (χ0) is 24.7. The van der Waals surface area contributed by atoms with Gasteiger partial charge in [-0.15, -0.1) is 0 Å². The zero-order valence-corrected chi connectivity index (χ0v) is 20.3. The number of aromatic nitrogens is 2. The van der Waals surface area contributed by atoms with Gasteiger partial charge in [0.15, 0.2) is 0 Å². The average molecular weight is 477 g/mol. The molecular formula is C29H28N6O. The number of likely N-dealkylation sites (N-methyl/N-ethyl adjacent to an activating group) is 1. The van der Waals surface area contributed by atoms with E-state index in [2.05, 4.69) is 57.5 Å². The Morgan fingerprint density at radius 1 is 0.944 bits per heavy atom. The molecule has 0 radical (unpaired) electrons. The summed E-state index contributed by atoms with van der Waals surface area (Å²) in [4.78, 5) is 13.8. The minimum absolute atomic E-state index is 0.426. The number of nitrogens with one attached hydrogen (secondary N) is 1. The first-order valence-electron chi connectivity index (χ1n) is 12.0. The zero-order valence-electron chi connectivity index (χ0n) is 20.3. The highest BCUT2D eigenvalue weighted by atomic mass is 16.5. The number of rotatable bonds is 7. The standard InChI is InChI=1S/C29H28N6O/c1-34-13-15-35(16-14-34)26-9-7-25(8-10-26)32-29-31-12-11-28(33-29)24-17-23(20-30)18-27(19-24)36-21-22-5-3-2-4-6-22/h2-12,17-19H,13-16,21H2,1H3,(H,31,32,33). The minimum Gasteiger partial charge on any atom is -0.489 e. The van der Waals surface area contributed by atoms with Gasteiger partial charge in [0.1, 0.15) is 12.4 Å². The first-order chi connectivity index (χ1) is 17.7. The van der Waals surface area contributed by atoms with E-state index in [1.165, 1.54) is 5.69 Å². The van der Waals surface area contributed by atoms with Gasteiger partial charge in [-0.25, -0.2) is 9.97 Å². The van der Waals surface area contributed by atoms with Gasteiger partial charge < -0.3 is 19.9 Å². The first-order valence-corrected chi connectivity index (χ1v) is 12.0. The van der Waals surface area contributed by atoms with E-state index < -0.39 is 0 Å². The molecule has 0 bridgehead atoms. The summed E-state index contributed by atoms with van der Waals surface area (Å²) >= 11 is 0. The van der Waals surface area contributed by atoms with Crippen molar-refractivity contribution in [1.82, 2.24) is 14.9 Å². The Morgan fingerprint density at radius 2 is 1.72 bits per heavy atom. The third-order valence-electron chi connectivity index (χ3n) is 6.23. The third kappa shape index (κ3) is 5.80. The predicted molar refractivity (Wildman–Crippen MR) is 142 cm³/mol. The van der Waals surface area contributed by atoms with Crippen LogP contribution in [0.4, 0.5) is 17.3 Å². The van der Waals surface area contributed by atoms with E-state index in [9.17, 15) is 5.26 Å². The Labute approximate surface area is 211 Å². The number of hydrogen-bond donors (Lipinski definition) is 1. The molecule has 4 aromatic rings. The van der Waals surface area contributed by atoms with Crippen molar-refractivity contribution in [2.45, 2.75) is 6.61 Å². The van der Waals surface area contributed by atoms with Crippen LogP contribution in [0.3, 0.4) is 0 Å². The molecule has 1 saturated heterocycles. The molecule has 7 heteroatoms. The van der Waals surface area contributed by atoms with Gasteiger partial charge in [0.25, 0.3) is 0 Å². The van der Waals surface area contributed by atoms with Crippen LogP contribution in [0.25, 0.3) is 11.3 Å². The summed E-state index contributed by atoms with van der Waals surface area (Å²) in [5, 5.41) is 12.8. The van der Waals surface area contributed by atoms with Gasteiger partial charge in [-0.1, -0.05) is 30.3 Å². The van der Waals surface area contributed by atoms with Crippen LogP contribution >= 0.6 is 0 Å². The SMILES string of the molecule is CN1CCN(c2ccc(Nc3nccc(-c4cc(C#N)cc(OCc5ccccc5)c4)n3)cc2)CC1. The molecule has 1 aliphatic heterocycles. The Morgan fingerprint density at radius 3 is 2.47 bits per heavy atom.